The maximum Gasteiger partial charge on any atom is 0.0230 e. The second-order valence-electron chi connectivity index (χ2n) is 5.23. The fourth-order valence-corrected chi connectivity index (χ4v) is 2.24. The maximum atomic E-state index is 3.88. The van der Waals surface area contributed by atoms with E-state index in [1.54, 1.807) is 5.56 Å². The highest BCUT2D eigenvalue weighted by atomic mass is 14.3. The van der Waals surface area contributed by atoms with Gasteiger partial charge in [0.1, 0.15) is 0 Å². The van der Waals surface area contributed by atoms with E-state index < -0.39 is 0 Å². The highest BCUT2D eigenvalue weighted by molar-refractivity contribution is 5.43. The first kappa shape index (κ1) is 12.4. The molecule has 1 saturated carbocycles. The largest absolute Gasteiger partial charge is 0.102 e. The van der Waals surface area contributed by atoms with Crippen LogP contribution >= 0.6 is 0 Å². The minimum atomic E-state index is 0.841. The minimum Gasteiger partial charge on any atom is -0.102 e. The van der Waals surface area contributed by atoms with E-state index in [-0.39, 0.29) is 0 Å². The third-order valence-electron chi connectivity index (χ3n) is 3.64. The normalized spacial score (nSPS) is 15.2. The lowest BCUT2D eigenvalue weighted by molar-refractivity contribution is 0.793. The van der Waals surface area contributed by atoms with Crippen molar-refractivity contribution < 1.29 is 0 Å². The summed E-state index contributed by atoms with van der Waals surface area (Å²) in [5.74, 6) is 2.14. The molecule has 0 amide bonds. The molecule has 2 rings (SSSR count). The zero-order valence-electron chi connectivity index (χ0n) is 11.1. The summed E-state index contributed by atoms with van der Waals surface area (Å²) in [6.45, 7) is 8.29. The topological polar surface area (TPSA) is 0 Å². The Kier molecular flexibility index (Phi) is 4.04. The van der Waals surface area contributed by atoms with Gasteiger partial charge in [0, 0.05) is 5.92 Å². The molecular weight excluding hydrogens is 204 g/mol. The fraction of sp³-hybridized carbons (Fsp3) is 0.471. The minimum absolute atomic E-state index is 0.841. The molecule has 0 aliphatic heterocycles. The molecule has 0 spiro atoms. The Bertz CT molecular complexity index is 385. The van der Waals surface area contributed by atoms with Crippen LogP contribution in [-0.4, -0.2) is 0 Å². The number of aryl methyl sites for hydroxylation is 1. The molecule has 1 aromatic rings. The van der Waals surface area contributed by atoms with Crippen LogP contribution in [0.3, 0.4) is 0 Å². The second kappa shape index (κ2) is 5.53. The van der Waals surface area contributed by atoms with Crippen molar-refractivity contribution in [1.29, 1.82) is 0 Å². The summed E-state index contributed by atoms with van der Waals surface area (Å²) >= 11 is 0. The first-order valence-electron chi connectivity index (χ1n) is 6.84. The van der Waals surface area contributed by atoms with E-state index >= 15 is 0 Å². The van der Waals surface area contributed by atoms with Crippen LogP contribution in [0.15, 0.2) is 30.9 Å². The van der Waals surface area contributed by atoms with Gasteiger partial charge in [0.2, 0.25) is 0 Å². The monoisotopic (exact) mass is 227 g/mol. The lowest BCUT2D eigenvalue weighted by Gasteiger charge is -2.12. The van der Waals surface area contributed by atoms with Gasteiger partial charge in [-0.15, -0.1) is 6.58 Å². The second-order valence-corrected chi connectivity index (χ2v) is 5.23. The van der Waals surface area contributed by atoms with E-state index in [0.29, 0.717) is 0 Å². The van der Waals surface area contributed by atoms with Crippen molar-refractivity contribution in [3.8, 4) is 0 Å². The van der Waals surface area contributed by atoms with Gasteiger partial charge in [-0.1, -0.05) is 44.5 Å². The Balaban J connectivity index is 2.24. The molecule has 1 aliphatic rings. The zero-order valence-corrected chi connectivity index (χ0v) is 11.1. The average Bonchev–Trinajstić information content (AvgIpc) is 3.19. The molecule has 1 fully saturated rings. The van der Waals surface area contributed by atoms with Crippen molar-refractivity contribution in [2.75, 3.05) is 0 Å². The third-order valence-corrected chi connectivity index (χ3v) is 3.64. The van der Waals surface area contributed by atoms with Crippen LogP contribution in [0.5, 0.6) is 0 Å². The third kappa shape index (κ3) is 3.21. The lowest BCUT2D eigenvalue weighted by atomic mass is 9.93. The molecule has 0 heterocycles. The van der Waals surface area contributed by atoms with Crippen molar-refractivity contribution in [1.82, 2.24) is 0 Å². The van der Waals surface area contributed by atoms with E-state index in [4.69, 9.17) is 0 Å². The molecule has 0 aromatic heterocycles. The molecule has 0 saturated heterocycles. The SMILES string of the molecule is C=C[C](C)c1cc(CCCC)cc(C2CC2)c1. The summed E-state index contributed by atoms with van der Waals surface area (Å²) in [5.41, 5.74) is 4.43. The van der Waals surface area contributed by atoms with Gasteiger partial charge in [-0.3, -0.25) is 0 Å². The predicted molar refractivity (Wildman–Crippen MR) is 75.2 cm³/mol. The van der Waals surface area contributed by atoms with Gasteiger partial charge in [0.25, 0.3) is 0 Å². The molecule has 1 aromatic carbocycles. The fourth-order valence-electron chi connectivity index (χ4n) is 2.24. The highest BCUT2D eigenvalue weighted by Gasteiger charge is 2.24. The molecule has 0 nitrogen and oxygen atoms in total. The van der Waals surface area contributed by atoms with E-state index in [9.17, 15) is 0 Å². The van der Waals surface area contributed by atoms with Crippen LogP contribution in [0.25, 0.3) is 0 Å². The van der Waals surface area contributed by atoms with Crippen LogP contribution in [0.2, 0.25) is 0 Å². The molecular formula is C17H23. The molecule has 0 heteroatoms. The molecule has 1 radical (unpaired) electrons. The average molecular weight is 227 g/mol. The molecule has 0 unspecified atom stereocenters. The van der Waals surface area contributed by atoms with Gasteiger partial charge in [-0.2, -0.15) is 0 Å². The van der Waals surface area contributed by atoms with Gasteiger partial charge < -0.3 is 0 Å². The first-order chi connectivity index (χ1) is 8.24. The Morgan fingerprint density at radius 3 is 2.71 bits per heavy atom. The van der Waals surface area contributed by atoms with E-state index in [0.717, 1.165) is 5.92 Å². The summed E-state index contributed by atoms with van der Waals surface area (Å²) in [6, 6.07) is 7.13. The zero-order chi connectivity index (χ0) is 12.3. The Morgan fingerprint density at radius 2 is 2.12 bits per heavy atom. The molecule has 0 bridgehead atoms. The number of benzene rings is 1. The van der Waals surface area contributed by atoms with Crippen LogP contribution < -0.4 is 0 Å². The smallest absolute Gasteiger partial charge is 0.0230 e. The number of hydrogen-bond donors (Lipinski definition) is 0. The summed E-state index contributed by atoms with van der Waals surface area (Å²) in [4.78, 5) is 0. The summed E-state index contributed by atoms with van der Waals surface area (Å²) in [7, 11) is 0. The van der Waals surface area contributed by atoms with Crippen LogP contribution in [0.4, 0.5) is 0 Å². The van der Waals surface area contributed by atoms with E-state index in [1.165, 1.54) is 49.1 Å². The van der Waals surface area contributed by atoms with Crippen molar-refractivity contribution in [3.63, 3.8) is 0 Å². The Morgan fingerprint density at radius 1 is 1.35 bits per heavy atom. The maximum absolute atomic E-state index is 3.88. The van der Waals surface area contributed by atoms with Crippen molar-refractivity contribution in [2.24, 2.45) is 0 Å². The molecule has 1 aliphatic carbocycles. The lowest BCUT2D eigenvalue weighted by Crippen LogP contribution is -1.96. The summed E-state index contributed by atoms with van der Waals surface area (Å²) in [6.07, 6.45) is 8.51. The number of allylic oxidation sites excluding steroid dienone is 1. The highest BCUT2D eigenvalue weighted by Crippen LogP contribution is 2.41. The van der Waals surface area contributed by atoms with Gasteiger partial charge >= 0.3 is 0 Å². The quantitative estimate of drug-likeness (QED) is 0.639. The molecule has 0 N–H and O–H groups in total. The van der Waals surface area contributed by atoms with E-state index in [2.05, 4.69) is 38.6 Å². The standard InChI is InChI=1S/C17H23/c1-4-6-7-14-10-16(13(3)5-2)12-17(11-14)15-8-9-15/h5,10-12,15H,2,4,6-9H2,1,3H3. The van der Waals surface area contributed by atoms with Crippen LogP contribution in [-0.2, 0) is 6.42 Å². The molecule has 17 heavy (non-hydrogen) atoms. The summed E-state index contributed by atoms with van der Waals surface area (Å²) < 4.78 is 0. The Labute approximate surface area is 106 Å². The van der Waals surface area contributed by atoms with Gasteiger partial charge in [0.05, 0.1) is 0 Å². The van der Waals surface area contributed by atoms with Gasteiger partial charge in [-0.25, -0.2) is 0 Å². The number of rotatable bonds is 6. The molecule has 0 atom stereocenters. The van der Waals surface area contributed by atoms with Crippen molar-refractivity contribution >= 4 is 0 Å². The molecule has 91 valence electrons. The van der Waals surface area contributed by atoms with Crippen molar-refractivity contribution in [3.05, 3.63) is 53.5 Å². The predicted octanol–water partition coefficient (Wildman–Crippen LogP) is 5.04. The van der Waals surface area contributed by atoms with Gasteiger partial charge in [-0.05, 0) is 48.3 Å². The van der Waals surface area contributed by atoms with Crippen LogP contribution in [0.1, 0.15) is 62.1 Å². The van der Waals surface area contributed by atoms with Crippen LogP contribution in [0, 0.1) is 5.92 Å². The van der Waals surface area contributed by atoms with Crippen molar-refractivity contribution in [2.45, 2.75) is 51.9 Å². The number of unbranched alkanes of at least 4 members (excludes halogenated alkanes) is 1. The van der Waals surface area contributed by atoms with Gasteiger partial charge in [0.15, 0.2) is 0 Å². The summed E-state index contributed by atoms with van der Waals surface area (Å²) in [5, 5.41) is 0. The number of hydrogen-bond acceptors (Lipinski definition) is 0. The Hall–Kier alpha value is -1.04. The first-order valence-corrected chi connectivity index (χ1v) is 6.84. The van der Waals surface area contributed by atoms with E-state index in [1.807, 2.05) is 6.08 Å².